The number of carbonyl (C=O) groups excluding carboxylic acids is 1. The van der Waals surface area contributed by atoms with Crippen molar-refractivity contribution < 1.29 is 15.0 Å². The van der Waals surface area contributed by atoms with Crippen LogP contribution in [0.1, 0.15) is 40.9 Å². The van der Waals surface area contributed by atoms with Crippen molar-refractivity contribution >= 4 is 16.8 Å². The molecule has 1 aliphatic carbocycles. The summed E-state index contributed by atoms with van der Waals surface area (Å²) in [6.07, 6.45) is 4.39. The molecule has 2 aromatic carbocycles. The van der Waals surface area contributed by atoms with E-state index in [0.29, 0.717) is 0 Å². The summed E-state index contributed by atoms with van der Waals surface area (Å²) in [5.41, 5.74) is 5.25. The monoisotopic (exact) mass is 392 g/mol. The number of benzene rings is 2. The molecule has 2 heterocycles. The van der Waals surface area contributed by atoms with Gasteiger partial charge in [0.2, 0.25) is 0 Å². The molecule has 0 saturated carbocycles. The maximum absolute atomic E-state index is 12.8. The van der Waals surface area contributed by atoms with Crippen LogP contribution >= 0.6 is 0 Å². The number of piperidine rings is 1. The van der Waals surface area contributed by atoms with Crippen molar-refractivity contribution in [3.8, 4) is 5.75 Å². The van der Waals surface area contributed by atoms with Gasteiger partial charge in [0, 0.05) is 47.7 Å². The number of amides is 1. The highest BCUT2D eigenvalue weighted by Crippen LogP contribution is 2.49. The lowest BCUT2D eigenvalue weighted by Gasteiger charge is -2.40. The number of aromatic nitrogens is 1. The Bertz CT molecular complexity index is 1050. The number of likely N-dealkylation sites (tertiary alicyclic amines) is 1. The standard InChI is InChI=1S/C24H26N2O2.H2O/c1-25-21-9-8-18(28-2)16-20(21)19-10-11-24(22(19)25)12-14-26(15-13-24)23(27)17-6-4-3-5-7-17;/h3-9,16H,10-15H2,1-2H3;1H2. The Balaban J connectivity index is 0.00000205. The van der Waals surface area contributed by atoms with Crippen LogP contribution in [0.25, 0.3) is 10.9 Å². The van der Waals surface area contributed by atoms with Crippen molar-refractivity contribution in [2.75, 3.05) is 20.2 Å². The van der Waals surface area contributed by atoms with Crippen LogP contribution in [0.5, 0.6) is 5.75 Å². The molecule has 3 aromatic rings. The third-order valence-corrected chi connectivity index (χ3v) is 6.90. The summed E-state index contributed by atoms with van der Waals surface area (Å²) < 4.78 is 7.85. The van der Waals surface area contributed by atoms with Gasteiger partial charge in [-0.05, 0) is 61.6 Å². The zero-order chi connectivity index (χ0) is 19.3. The molecule has 0 radical (unpaired) electrons. The first-order valence-corrected chi connectivity index (χ1v) is 10.1. The minimum Gasteiger partial charge on any atom is -0.497 e. The molecule has 29 heavy (non-hydrogen) atoms. The van der Waals surface area contributed by atoms with E-state index in [2.05, 4.69) is 23.7 Å². The molecule has 1 amide bonds. The Labute approximate surface area is 171 Å². The number of rotatable bonds is 2. The summed E-state index contributed by atoms with van der Waals surface area (Å²) in [5, 5.41) is 1.33. The van der Waals surface area contributed by atoms with Crippen molar-refractivity contribution in [3.05, 3.63) is 65.4 Å². The Morgan fingerprint density at radius 2 is 1.76 bits per heavy atom. The number of carbonyl (C=O) groups is 1. The van der Waals surface area contributed by atoms with E-state index in [-0.39, 0.29) is 16.8 Å². The molecule has 1 aliphatic heterocycles. The lowest BCUT2D eigenvalue weighted by atomic mass is 9.76. The Kier molecular flexibility index (Phi) is 4.87. The quantitative estimate of drug-likeness (QED) is 0.670. The number of nitrogens with zero attached hydrogens (tertiary/aromatic N) is 2. The number of aryl methyl sites for hydroxylation is 2. The van der Waals surface area contributed by atoms with Crippen molar-refractivity contribution in [2.45, 2.75) is 31.1 Å². The van der Waals surface area contributed by atoms with Crippen LogP contribution in [0.3, 0.4) is 0 Å². The van der Waals surface area contributed by atoms with Crippen molar-refractivity contribution in [1.82, 2.24) is 9.47 Å². The summed E-state index contributed by atoms with van der Waals surface area (Å²) in [5.74, 6) is 1.08. The van der Waals surface area contributed by atoms with Gasteiger partial charge < -0.3 is 19.7 Å². The van der Waals surface area contributed by atoms with Crippen LogP contribution in [-0.4, -0.2) is 41.0 Å². The maximum Gasteiger partial charge on any atom is 0.253 e. The SMILES string of the molecule is COc1ccc2c(c1)c1c(n2C)C2(CC1)CCN(C(=O)c1ccccc1)CC2.O. The van der Waals surface area contributed by atoms with Gasteiger partial charge in [-0.1, -0.05) is 18.2 Å². The third-order valence-electron chi connectivity index (χ3n) is 6.90. The van der Waals surface area contributed by atoms with E-state index in [4.69, 9.17) is 4.74 Å². The van der Waals surface area contributed by atoms with E-state index in [1.165, 1.54) is 28.6 Å². The average Bonchev–Trinajstić information content (AvgIpc) is 3.25. The average molecular weight is 392 g/mol. The second kappa shape index (κ2) is 7.23. The Morgan fingerprint density at radius 3 is 2.45 bits per heavy atom. The van der Waals surface area contributed by atoms with E-state index in [1.807, 2.05) is 41.3 Å². The van der Waals surface area contributed by atoms with Crippen LogP contribution in [0.15, 0.2) is 48.5 Å². The molecule has 0 bridgehead atoms. The molecule has 5 heteroatoms. The molecule has 5 rings (SSSR count). The molecule has 2 aliphatic rings. The summed E-state index contributed by atoms with van der Waals surface area (Å²) >= 11 is 0. The molecule has 1 aromatic heterocycles. The highest BCUT2D eigenvalue weighted by atomic mass is 16.5. The summed E-state index contributed by atoms with van der Waals surface area (Å²) in [4.78, 5) is 14.9. The van der Waals surface area contributed by atoms with Crippen molar-refractivity contribution in [1.29, 1.82) is 0 Å². The topological polar surface area (TPSA) is 66.0 Å². The smallest absolute Gasteiger partial charge is 0.253 e. The second-order valence-corrected chi connectivity index (χ2v) is 8.21. The largest absolute Gasteiger partial charge is 0.497 e. The lowest BCUT2D eigenvalue weighted by Crippen LogP contribution is -2.45. The van der Waals surface area contributed by atoms with Gasteiger partial charge in [-0.25, -0.2) is 0 Å². The van der Waals surface area contributed by atoms with Crippen LogP contribution < -0.4 is 4.74 Å². The molecular weight excluding hydrogens is 364 g/mol. The zero-order valence-corrected chi connectivity index (χ0v) is 17.1. The summed E-state index contributed by atoms with van der Waals surface area (Å²) in [6, 6.07) is 16.1. The number of hydrogen-bond donors (Lipinski definition) is 0. The van der Waals surface area contributed by atoms with Crippen molar-refractivity contribution in [2.24, 2.45) is 7.05 Å². The fourth-order valence-electron chi connectivity index (χ4n) is 5.43. The van der Waals surface area contributed by atoms with Gasteiger partial charge >= 0.3 is 0 Å². The molecule has 2 N–H and O–H groups in total. The number of ether oxygens (including phenoxy) is 1. The van der Waals surface area contributed by atoms with E-state index in [0.717, 1.165) is 43.7 Å². The normalized spacial score (nSPS) is 17.2. The zero-order valence-electron chi connectivity index (χ0n) is 17.1. The molecule has 152 valence electrons. The van der Waals surface area contributed by atoms with Crippen LogP contribution in [0, 0.1) is 0 Å². The maximum atomic E-state index is 12.8. The molecule has 1 fully saturated rings. The van der Waals surface area contributed by atoms with Gasteiger partial charge in [-0.2, -0.15) is 0 Å². The van der Waals surface area contributed by atoms with E-state index >= 15 is 0 Å². The van der Waals surface area contributed by atoms with Crippen LogP contribution in [-0.2, 0) is 18.9 Å². The Morgan fingerprint density at radius 1 is 1.03 bits per heavy atom. The predicted octanol–water partition coefficient (Wildman–Crippen LogP) is 3.48. The highest BCUT2D eigenvalue weighted by molar-refractivity contribution is 5.94. The number of hydrogen-bond acceptors (Lipinski definition) is 2. The Hall–Kier alpha value is -2.79. The molecular formula is C24H28N2O3. The second-order valence-electron chi connectivity index (χ2n) is 8.21. The van der Waals surface area contributed by atoms with E-state index in [9.17, 15) is 4.79 Å². The molecule has 1 saturated heterocycles. The first kappa shape index (κ1) is 19.5. The van der Waals surface area contributed by atoms with Gasteiger partial charge in [0.15, 0.2) is 0 Å². The molecule has 1 spiro atoms. The number of fused-ring (bicyclic) bond motifs is 4. The molecule has 0 unspecified atom stereocenters. The predicted molar refractivity (Wildman–Crippen MR) is 115 cm³/mol. The fourth-order valence-corrected chi connectivity index (χ4v) is 5.43. The lowest BCUT2D eigenvalue weighted by molar-refractivity contribution is 0.0662. The first-order chi connectivity index (χ1) is 13.6. The number of methoxy groups -OCH3 is 1. The van der Waals surface area contributed by atoms with Gasteiger partial charge in [0.25, 0.3) is 5.91 Å². The minimum atomic E-state index is 0. The molecule has 0 atom stereocenters. The fraction of sp³-hybridized carbons (Fsp3) is 0.375. The summed E-state index contributed by atoms with van der Waals surface area (Å²) in [7, 11) is 3.92. The van der Waals surface area contributed by atoms with Gasteiger partial charge in [0.1, 0.15) is 5.75 Å². The first-order valence-electron chi connectivity index (χ1n) is 10.1. The van der Waals surface area contributed by atoms with Crippen molar-refractivity contribution in [3.63, 3.8) is 0 Å². The summed E-state index contributed by atoms with van der Waals surface area (Å²) in [6.45, 7) is 1.66. The van der Waals surface area contributed by atoms with Gasteiger partial charge in [-0.15, -0.1) is 0 Å². The molecule has 5 nitrogen and oxygen atoms in total. The minimum absolute atomic E-state index is 0. The van der Waals surface area contributed by atoms with Gasteiger partial charge in [0.05, 0.1) is 7.11 Å². The van der Waals surface area contributed by atoms with E-state index < -0.39 is 0 Å². The van der Waals surface area contributed by atoms with E-state index in [1.54, 1.807) is 7.11 Å². The third kappa shape index (κ3) is 2.92. The van der Waals surface area contributed by atoms with Crippen LogP contribution in [0.4, 0.5) is 0 Å². The van der Waals surface area contributed by atoms with Gasteiger partial charge in [-0.3, -0.25) is 4.79 Å². The van der Waals surface area contributed by atoms with Crippen LogP contribution in [0.2, 0.25) is 0 Å². The highest BCUT2D eigenvalue weighted by Gasteiger charge is 2.45.